The van der Waals surface area contributed by atoms with E-state index in [1.807, 2.05) is 18.7 Å². The van der Waals surface area contributed by atoms with Crippen LogP contribution in [0.3, 0.4) is 0 Å². The minimum absolute atomic E-state index is 0.0176. The van der Waals surface area contributed by atoms with Crippen LogP contribution in [-0.2, 0) is 14.8 Å². The molecule has 0 aliphatic carbocycles. The smallest absolute Gasteiger partial charge is 0.240 e. The maximum atomic E-state index is 12.3. The standard InChI is InChI=1S/C15H21BrN2O3S/c1-11(2)15(19)18-9-7-13(8-10-18)17-22(20,21)14-5-3-12(16)4-6-14/h3-6,11,13,17H,7-10H2,1-2H3. The summed E-state index contributed by atoms with van der Waals surface area (Å²) in [5.74, 6) is 0.116. The summed E-state index contributed by atoms with van der Waals surface area (Å²) in [6, 6.07) is 6.44. The van der Waals surface area contributed by atoms with E-state index in [2.05, 4.69) is 20.7 Å². The van der Waals surface area contributed by atoms with Gasteiger partial charge in [-0.05, 0) is 37.1 Å². The van der Waals surface area contributed by atoms with Crippen molar-refractivity contribution in [1.29, 1.82) is 0 Å². The predicted octanol–water partition coefficient (Wildman–Crippen LogP) is 2.37. The molecular formula is C15H21BrN2O3S. The molecule has 0 atom stereocenters. The first kappa shape index (κ1) is 17.4. The molecule has 7 heteroatoms. The Kier molecular flexibility index (Phi) is 5.63. The quantitative estimate of drug-likeness (QED) is 0.860. The van der Waals surface area contributed by atoms with E-state index in [1.54, 1.807) is 24.3 Å². The molecule has 1 aromatic rings. The number of halogens is 1. The van der Waals surface area contributed by atoms with Gasteiger partial charge in [-0.15, -0.1) is 0 Å². The van der Waals surface area contributed by atoms with Gasteiger partial charge in [0.1, 0.15) is 0 Å². The Hall–Kier alpha value is -0.920. The Morgan fingerprint density at radius 1 is 1.23 bits per heavy atom. The average molecular weight is 389 g/mol. The van der Waals surface area contributed by atoms with Crippen LogP contribution in [-0.4, -0.2) is 38.4 Å². The number of likely N-dealkylation sites (tertiary alicyclic amines) is 1. The molecule has 0 spiro atoms. The van der Waals surface area contributed by atoms with Crippen molar-refractivity contribution >= 4 is 31.9 Å². The molecule has 2 rings (SSSR count). The van der Waals surface area contributed by atoms with E-state index in [1.165, 1.54) is 0 Å². The number of nitrogens with one attached hydrogen (secondary N) is 1. The highest BCUT2D eigenvalue weighted by molar-refractivity contribution is 9.10. The van der Waals surface area contributed by atoms with Crippen LogP contribution in [0.2, 0.25) is 0 Å². The van der Waals surface area contributed by atoms with Crippen molar-refractivity contribution < 1.29 is 13.2 Å². The predicted molar refractivity (Wildman–Crippen MR) is 88.9 cm³/mol. The fourth-order valence-corrected chi connectivity index (χ4v) is 4.05. The highest BCUT2D eigenvalue weighted by Gasteiger charge is 2.27. The Labute approximate surface area is 140 Å². The van der Waals surface area contributed by atoms with Crippen molar-refractivity contribution in [2.45, 2.75) is 37.6 Å². The third-order valence-electron chi connectivity index (χ3n) is 3.75. The molecule has 0 bridgehead atoms. The molecule has 0 radical (unpaired) electrons. The number of piperidine rings is 1. The maximum Gasteiger partial charge on any atom is 0.240 e. The molecule has 1 saturated heterocycles. The number of benzene rings is 1. The van der Waals surface area contributed by atoms with Crippen molar-refractivity contribution in [3.05, 3.63) is 28.7 Å². The maximum absolute atomic E-state index is 12.3. The molecule has 1 aliphatic heterocycles. The molecule has 0 saturated carbocycles. The van der Waals surface area contributed by atoms with E-state index in [4.69, 9.17) is 0 Å². The summed E-state index contributed by atoms with van der Waals surface area (Å²) >= 11 is 3.29. The van der Waals surface area contributed by atoms with Crippen LogP contribution in [0, 0.1) is 5.92 Å². The molecule has 122 valence electrons. The van der Waals surface area contributed by atoms with Gasteiger partial charge < -0.3 is 4.90 Å². The van der Waals surface area contributed by atoms with Crippen LogP contribution in [0.4, 0.5) is 0 Å². The molecule has 1 aliphatic rings. The van der Waals surface area contributed by atoms with E-state index in [0.29, 0.717) is 25.9 Å². The lowest BCUT2D eigenvalue weighted by molar-refractivity contribution is -0.135. The Morgan fingerprint density at radius 3 is 2.27 bits per heavy atom. The lowest BCUT2D eigenvalue weighted by Gasteiger charge is -2.33. The largest absolute Gasteiger partial charge is 0.342 e. The second-order valence-electron chi connectivity index (χ2n) is 5.83. The van der Waals surface area contributed by atoms with Crippen molar-refractivity contribution in [3.8, 4) is 0 Å². The van der Waals surface area contributed by atoms with Gasteiger partial charge in [-0.3, -0.25) is 4.79 Å². The van der Waals surface area contributed by atoms with Crippen LogP contribution in [0.5, 0.6) is 0 Å². The third-order valence-corrected chi connectivity index (χ3v) is 5.81. The van der Waals surface area contributed by atoms with Gasteiger partial charge in [-0.2, -0.15) is 0 Å². The normalized spacial score (nSPS) is 17.0. The summed E-state index contributed by atoms with van der Waals surface area (Å²) in [6.07, 6.45) is 1.29. The lowest BCUT2D eigenvalue weighted by atomic mass is 10.0. The van der Waals surface area contributed by atoms with Crippen molar-refractivity contribution in [2.24, 2.45) is 5.92 Å². The van der Waals surface area contributed by atoms with E-state index in [-0.39, 0.29) is 22.8 Å². The third kappa shape index (κ3) is 4.30. The Morgan fingerprint density at radius 2 is 1.77 bits per heavy atom. The summed E-state index contributed by atoms with van der Waals surface area (Å²) in [4.78, 5) is 14.0. The minimum Gasteiger partial charge on any atom is -0.342 e. The molecular weight excluding hydrogens is 368 g/mol. The average Bonchev–Trinajstić information content (AvgIpc) is 2.47. The minimum atomic E-state index is -3.51. The molecule has 5 nitrogen and oxygen atoms in total. The lowest BCUT2D eigenvalue weighted by Crippen LogP contribution is -2.47. The summed E-state index contributed by atoms with van der Waals surface area (Å²) < 4.78 is 28.2. The number of rotatable bonds is 4. The number of nitrogens with zero attached hydrogens (tertiary/aromatic N) is 1. The Bertz CT molecular complexity index is 621. The van der Waals surface area contributed by atoms with Crippen LogP contribution in [0.1, 0.15) is 26.7 Å². The zero-order chi connectivity index (χ0) is 16.3. The van der Waals surface area contributed by atoms with Crippen molar-refractivity contribution in [3.63, 3.8) is 0 Å². The zero-order valence-electron chi connectivity index (χ0n) is 12.8. The Balaban J connectivity index is 1.95. The van der Waals surface area contributed by atoms with Gasteiger partial charge >= 0.3 is 0 Å². The fourth-order valence-electron chi connectivity index (χ4n) is 2.48. The highest BCUT2D eigenvalue weighted by Crippen LogP contribution is 2.18. The number of carbonyl (C=O) groups excluding carboxylic acids is 1. The molecule has 1 fully saturated rings. The van der Waals surface area contributed by atoms with Crippen LogP contribution in [0.15, 0.2) is 33.6 Å². The van der Waals surface area contributed by atoms with Gasteiger partial charge in [0.05, 0.1) is 4.90 Å². The number of hydrogen-bond donors (Lipinski definition) is 1. The topological polar surface area (TPSA) is 66.5 Å². The first-order chi connectivity index (χ1) is 10.3. The summed E-state index contributed by atoms with van der Waals surface area (Å²) in [7, 11) is -3.51. The van der Waals surface area contributed by atoms with E-state index >= 15 is 0 Å². The number of amides is 1. The summed E-state index contributed by atoms with van der Waals surface area (Å²) in [5, 5.41) is 0. The van der Waals surface area contributed by atoms with E-state index < -0.39 is 10.0 Å². The summed E-state index contributed by atoms with van der Waals surface area (Å²) in [6.45, 7) is 4.96. The zero-order valence-corrected chi connectivity index (χ0v) is 15.2. The first-order valence-electron chi connectivity index (χ1n) is 7.36. The molecule has 1 heterocycles. The monoisotopic (exact) mass is 388 g/mol. The number of hydrogen-bond acceptors (Lipinski definition) is 3. The summed E-state index contributed by atoms with van der Waals surface area (Å²) in [5.41, 5.74) is 0. The van der Waals surface area contributed by atoms with Gasteiger partial charge in [0.2, 0.25) is 15.9 Å². The molecule has 0 unspecified atom stereocenters. The van der Waals surface area contributed by atoms with Gasteiger partial charge in [0.15, 0.2) is 0 Å². The first-order valence-corrected chi connectivity index (χ1v) is 9.64. The fraction of sp³-hybridized carbons (Fsp3) is 0.533. The van der Waals surface area contributed by atoms with Gasteiger partial charge in [-0.25, -0.2) is 13.1 Å². The SMILES string of the molecule is CC(C)C(=O)N1CCC(NS(=O)(=O)c2ccc(Br)cc2)CC1. The second kappa shape index (κ2) is 7.10. The number of carbonyl (C=O) groups is 1. The van der Waals surface area contributed by atoms with Crippen LogP contribution >= 0.6 is 15.9 Å². The molecule has 22 heavy (non-hydrogen) atoms. The second-order valence-corrected chi connectivity index (χ2v) is 8.46. The van der Waals surface area contributed by atoms with Crippen LogP contribution < -0.4 is 4.72 Å². The molecule has 0 aromatic heterocycles. The highest BCUT2D eigenvalue weighted by atomic mass is 79.9. The van der Waals surface area contributed by atoms with Gasteiger partial charge in [0, 0.05) is 29.5 Å². The van der Waals surface area contributed by atoms with Crippen molar-refractivity contribution in [2.75, 3.05) is 13.1 Å². The van der Waals surface area contributed by atoms with Crippen LogP contribution in [0.25, 0.3) is 0 Å². The van der Waals surface area contributed by atoms with Crippen molar-refractivity contribution in [1.82, 2.24) is 9.62 Å². The molecule has 1 amide bonds. The van der Waals surface area contributed by atoms with Gasteiger partial charge in [0.25, 0.3) is 0 Å². The van der Waals surface area contributed by atoms with E-state index in [0.717, 1.165) is 4.47 Å². The molecule has 1 N–H and O–H groups in total. The molecule has 1 aromatic carbocycles. The number of sulfonamides is 1. The van der Waals surface area contributed by atoms with E-state index in [9.17, 15) is 13.2 Å². The van der Waals surface area contributed by atoms with Gasteiger partial charge in [-0.1, -0.05) is 29.8 Å².